The van der Waals surface area contributed by atoms with Gasteiger partial charge in [-0.1, -0.05) is 71.1 Å². The van der Waals surface area contributed by atoms with Crippen LogP contribution in [-0.2, 0) is 14.3 Å². The number of carbonyl (C=O) groups excluding carboxylic acids is 1. The Bertz CT molecular complexity index is 349. The molecule has 3 N–H and O–H groups in total. The summed E-state index contributed by atoms with van der Waals surface area (Å²) in [6, 6.07) is 0. The number of carbonyl (C=O) groups is 1. The second kappa shape index (κ2) is 13.5. The van der Waals surface area contributed by atoms with E-state index in [1.165, 1.54) is 51.4 Å². The molecule has 148 valence electrons. The van der Waals surface area contributed by atoms with E-state index in [2.05, 4.69) is 6.92 Å². The molecule has 1 rings (SSSR count). The lowest BCUT2D eigenvalue weighted by molar-refractivity contribution is -0.258. The zero-order valence-electron chi connectivity index (χ0n) is 15.6. The van der Waals surface area contributed by atoms with Crippen molar-refractivity contribution in [2.75, 3.05) is 6.61 Å². The van der Waals surface area contributed by atoms with E-state index in [-0.39, 0.29) is 13.0 Å². The predicted octanol–water partition coefficient (Wildman–Crippen LogP) is 2.67. The molecule has 0 bridgehead atoms. The predicted molar refractivity (Wildman–Crippen MR) is 94.9 cm³/mol. The molecular weight excluding hydrogens is 324 g/mol. The Morgan fingerprint density at radius 1 is 0.920 bits per heavy atom. The topological polar surface area (TPSA) is 96.2 Å². The summed E-state index contributed by atoms with van der Waals surface area (Å²) < 4.78 is 9.85. The normalized spacial score (nSPS) is 26.6. The van der Waals surface area contributed by atoms with Gasteiger partial charge in [0.25, 0.3) is 0 Å². The standard InChI is InChI=1S/C19H36O6/c1-2-3-4-5-6-7-8-9-10-11-12-13-16(21)25-18-15(20)14-24-19(23)17(18)22/h15,17-20,22-23H,2-14H2,1H3/t15-,17-,18+,19?/m1/s1. The van der Waals surface area contributed by atoms with E-state index in [0.717, 1.165) is 19.3 Å². The highest BCUT2D eigenvalue weighted by Crippen LogP contribution is 2.18. The lowest BCUT2D eigenvalue weighted by atomic mass is 10.0. The molecule has 1 unspecified atom stereocenters. The first-order chi connectivity index (χ1) is 12.1. The van der Waals surface area contributed by atoms with Crippen LogP contribution in [0.4, 0.5) is 0 Å². The van der Waals surface area contributed by atoms with Crippen molar-refractivity contribution >= 4 is 5.97 Å². The van der Waals surface area contributed by atoms with Crippen molar-refractivity contribution in [3.05, 3.63) is 0 Å². The molecule has 0 aromatic heterocycles. The van der Waals surface area contributed by atoms with Crippen molar-refractivity contribution < 1.29 is 29.6 Å². The fourth-order valence-electron chi connectivity index (χ4n) is 3.07. The summed E-state index contributed by atoms with van der Waals surface area (Å²) in [4.78, 5) is 11.8. The van der Waals surface area contributed by atoms with Gasteiger partial charge in [-0.05, 0) is 6.42 Å². The molecule has 0 aromatic rings. The monoisotopic (exact) mass is 360 g/mol. The van der Waals surface area contributed by atoms with Crippen molar-refractivity contribution in [1.29, 1.82) is 0 Å². The van der Waals surface area contributed by atoms with Crippen LogP contribution in [0.15, 0.2) is 0 Å². The number of rotatable bonds is 13. The maximum Gasteiger partial charge on any atom is 0.306 e. The van der Waals surface area contributed by atoms with Crippen LogP contribution in [0.3, 0.4) is 0 Å². The van der Waals surface area contributed by atoms with E-state index in [1.54, 1.807) is 0 Å². The van der Waals surface area contributed by atoms with Crippen LogP contribution in [0.1, 0.15) is 84.0 Å². The van der Waals surface area contributed by atoms with Gasteiger partial charge in [-0.15, -0.1) is 0 Å². The van der Waals surface area contributed by atoms with Gasteiger partial charge in [-0.25, -0.2) is 0 Å². The van der Waals surface area contributed by atoms with Gasteiger partial charge < -0.3 is 24.8 Å². The maximum atomic E-state index is 11.8. The lowest BCUT2D eigenvalue weighted by Crippen LogP contribution is -2.54. The van der Waals surface area contributed by atoms with Crippen LogP contribution in [0.25, 0.3) is 0 Å². The van der Waals surface area contributed by atoms with Gasteiger partial charge in [-0.3, -0.25) is 4.79 Å². The summed E-state index contributed by atoms with van der Waals surface area (Å²) in [5, 5.41) is 28.8. The highest BCUT2D eigenvalue weighted by atomic mass is 16.6. The van der Waals surface area contributed by atoms with Crippen LogP contribution < -0.4 is 0 Å². The Balaban J connectivity index is 1.98. The Morgan fingerprint density at radius 2 is 1.44 bits per heavy atom. The van der Waals surface area contributed by atoms with Crippen molar-refractivity contribution in [3.8, 4) is 0 Å². The molecule has 6 heteroatoms. The molecule has 1 fully saturated rings. The van der Waals surface area contributed by atoms with Crippen molar-refractivity contribution in [1.82, 2.24) is 0 Å². The molecule has 1 heterocycles. The van der Waals surface area contributed by atoms with Crippen LogP contribution in [0.5, 0.6) is 0 Å². The number of aliphatic hydroxyl groups is 3. The number of ether oxygens (including phenoxy) is 2. The van der Waals surface area contributed by atoms with Crippen molar-refractivity contribution in [3.63, 3.8) is 0 Å². The molecule has 0 saturated carbocycles. The van der Waals surface area contributed by atoms with E-state index in [0.29, 0.717) is 0 Å². The van der Waals surface area contributed by atoms with E-state index in [4.69, 9.17) is 9.47 Å². The van der Waals surface area contributed by atoms with E-state index in [9.17, 15) is 20.1 Å². The summed E-state index contributed by atoms with van der Waals surface area (Å²) >= 11 is 0. The highest BCUT2D eigenvalue weighted by molar-refractivity contribution is 5.69. The third-order valence-corrected chi connectivity index (χ3v) is 4.70. The smallest absolute Gasteiger partial charge is 0.306 e. The minimum absolute atomic E-state index is 0.158. The van der Waals surface area contributed by atoms with Crippen molar-refractivity contribution in [2.24, 2.45) is 0 Å². The number of hydrogen-bond acceptors (Lipinski definition) is 6. The van der Waals surface area contributed by atoms with Crippen LogP contribution in [0.2, 0.25) is 0 Å². The largest absolute Gasteiger partial charge is 0.457 e. The minimum Gasteiger partial charge on any atom is -0.457 e. The Labute approximate surface area is 151 Å². The average molecular weight is 360 g/mol. The lowest BCUT2D eigenvalue weighted by Gasteiger charge is -2.34. The molecule has 1 aliphatic rings. The van der Waals surface area contributed by atoms with Gasteiger partial charge in [0.1, 0.15) is 12.2 Å². The summed E-state index contributed by atoms with van der Waals surface area (Å²) in [6.07, 6.45) is 8.45. The Morgan fingerprint density at radius 3 is 2.00 bits per heavy atom. The van der Waals surface area contributed by atoms with Gasteiger partial charge in [-0.2, -0.15) is 0 Å². The highest BCUT2D eigenvalue weighted by Gasteiger charge is 2.40. The minimum atomic E-state index is -1.43. The molecule has 0 aliphatic carbocycles. The van der Waals surface area contributed by atoms with Gasteiger partial charge in [0.15, 0.2) is 12.4 Å². The van der Waals surface area contributed by atoms with Crippen molar-refractivity contribution in [2.45, 2.75) is 109 Å². The van der Waals surface area contributed by atoms with Gasteiger partial charge >= 0.3 is 5.97 Å². The quantitative estimate of drug-likeness (QED) is 0.345. The fraction of sp³-hybridized carbons (Fsp3) is 0.947. The number of esters is 1. The van der Waals surface area contributed by atoms with E-state index < -0.39 is 30.6 Å². The van der Waals surface area contributed by atoms with Gasteiger partial charge in [0.2, 0.25) is 0 Å². The zero-order valence-corrected chi connectivity index (χ0v) is 15.6. The Hall–Kier alpha value is -0.690. The number of unbranched alkanes of at least 4 members (excludes halogenated alkanes) is 10. The van der Waals surface area contributed by atoms with E-state index >= 15 is 0 Å². The zero-order chi connectivity index (χ0) is 18.5. The molecule has 1 saturated heterocycles. The summed E-state index contributed by atoms with van der Waals surface area (Å²) in [5.41, 5.74) is 0. The molecule has 0 amide bonds. The molecule has 6 nitrogen and oxygen atoms in total. The first kappa shape index (κ1) is 22.4. The summed E-state index contributed by atoms with van der Waals surface area (Å²) in [6.45, 7) is 2.07. The SMILES string of the molecule is CCCCCCCCCCCCCC(=O)O[C@H]1[C@H](O)COC(O)[C@@H]1O. The second-order valence-corrected chi connectivity index (χ2v) is 7.02. The Kier molecular flexibility index (Phi) is 12.1. The first-order valence-electron chi connectivity index (χ1n) is 9.91. The van der Waals surface area contributed by atoms with Gasteiger partial charge in [0, 0.05) is 6.42 Å². The number of hydrogen-bond donors (Lipinski definition) is 3. The third-order valence-electron chi connectivity index (χ3n) is 4.70. The maximum absolute atomic E-state index is 11.8. The second-order valence-electron chi connectivity index (χ2n) is 7.02. The van der Waals surface area contributed by atoms with Crippen LogP contribution >= 0.6 is 0 Å². The first-order valence-corrected chi connectivity index (χ1v) is 9.91. The van der Waals surface area contributed by atoms with Gasteiger partial charge in [0.05, 0.1) is 6.61 Å². The molecule has 4 atom stereocenters. The molecule has 25 heavy (non-hydrogen) atoms. The summed E-state index contributed by atoms with van der Waals surface area (Å²) in [5.74, 6) is -0.451. The molecule has 0 spiro atoms. The third kappa shape index (κ3) is 9.54. The average Bonchev–Trinajstić information content (AvgIpc) is 2.60. The van der Waals surface area contributed by atoms with Crippen LogP contribution in [0, 0.1) is 0 Å². The molecular formula is C19H36O6. The van der Waals surface area contributed by atoms with E-state index in [1.807, 2.05) is 0 Å². The number of aliphatic hydroxyl groups excluding tert-OH is 3. The van der Waals surface area contributed by atoms with Crippen LogP contribution in [-0.4, -0.2) is 52.5 Å². The molecule has 0 aromatic carbocycles. The molecule has 1 aliphatic heterocycles. The summed E-state index contributed by atoms with van der Waals surface area (Å²) in [7, 11) is 0. The fourth-order valence-corrected chi connectivity index (χ4v) is 3.07. The molecule has 0 radical (unpaired) electrons.